The number of hydrogen-bond acceptors (Lipinski definition) is 4. The van der Waals surface area contributed by atoms with Crippen molar-refractivity contribution in [1.29, 1.82) is 0 Å². The van der Waals surface area contributed by atoms with Gasteiger partial charge in [0.15, 0.2) is 0 Å². The van der Waals surface area contributed by atoms with Gasteiger partial charge in [-0.2, -0.15) is 5.10 Å². The van der Waals surface area contributed by atoms with Crippen LogP contribution in [0.1, 0.15) is 12.5 Å². The lowest BCUT2D eigenvalue weighted by atomic mass is 10.1. The number of methoxy groups -OCH3 is 1. The number of amides is 1. The highest BCUT2D eigenvalue weighted by Crippen LogP contribution is 2.23. The second kappa shape index (κ2) is 8.16. The summed E-state index contributed by atoms with van der Waals surface area (Å²) in [6.45, 7) is 1.80. The number of rotatable bonds is 6. The molecule has 0 fully saturated rings. The number of ether oxygens (including phenoxy) is 1. The first-order chi connectivity index (χ1) is 12.7. The van der Waals surface area contributed by atoms with Crippen LogP contribution in [0.4, 0.5) is 5.69 Å². The third-order valence-corrected chi connectivity index (χ3v) is 4.04. The standard InChI is InChI=1S/C21H21N3O2/c1-15(23-20-12-6-9-17-8-3-4-11-19(17)20)21(25)24-22-14-16-7-5-10-18(13-16)26-2/h3-15,23H,1-2H3,(H,24,25). The number of hydrogen-bond donors (Lipinski definition) is 2. The smallest absolute Gasteiger partial charge is 0.262 e. The molecule has 5 nitrogen and oxygen atoms in total. The van der Waals surface area contributed by atoms with E-state index in [2.05, 4.69) is 15.8 Å². The van der Waals surface area contributed by atoms with Crippen molar-refractivity contribution in [3.8, 4) is 5.75 Å². The Morgan fingerprint density at radius 1 is 1.08 bits per heavy atom. The maximum absolute atomic E-state index is 12.3. The minimum atomic E-state index is -0.428. The van der Waals surface area contributed by atoms with E-state index in [1.165, 1.54) is 0 Å². The highest BCUT2D eigenvalue weighted by molar-refractivity contribution is 5.96. The zero-order valence-corrected chi connectivity index (χ0v) is 14.8. The molecule has 0 saturated heterocycles. The topological polar surface area (TPSA) is 62.7 Å². The van der Waals surface area contributed by atoms with E-state index in [-0.39, 0.29) is 5.91 Å². The molecular formula is C21H21N3O2. The molecule has 0 aliphatic heterocycles. The summed E-state index contributed by atoms with van der Waals surface area (Å²) >= 11 is 0. The Labute approximate surface area is 152 Å². The number of carbonyl (C=O) groups excluding carboxylic acids is 1. The number of benzene rings is 3. The van der Waals surface area contributed by atoms with Crippen molar-refractivity contribution in [2.24, 2.45) is 5.10 Å². The maximum atomic E-state index is 12.3. The monoisotopic (exact) mass is 347 g/mol. The van der Waals surface area contributed by atoms with Crippen LogP contribution < -0.4 is 15.5 Å². The minimum Gasteiger partial charge on any atom is -0.497 e. The largest absolute Gasteiger partial charge is 0.497 e. The molecule has 132 valence electrons. The quantitative estimate of drug-likeness (QED) is 0.527. The number of fused-ring (bicyclic) bond motifs is 1. The second-order valence-electron chi connectivity index (χ2n) is 5.90. The Morgan fingerprint density at radius 2 is 1.85 bits per heavy atom. The Balaban J connectivity index is 1.63. The highest BCUT2D eigenvalue weighted by Gasteiger charge is 2.12. The summed E-state index contributed by atoms with van der Waals surface area (Å²) in [7, 11) is 1.61. The van der Waals surface area contributed by atoms with Gasteiger partial charge >= 0.3 is 0 Å². The van der Waals surface area contributed by atoms with Crippen molar-refractivity contribution < 1.29 is 9.53 Å². The molecule has 1 amide bonds. The normalized spacial score (nSPS) is 12.1. The summed E-state index contributed by atoms with van der Waals surface area (Å²) in [6.07, 6.45) is 1.59. The van der Waals surface area contributed by atoms with Crippen molar-refractivity contribution in [2.75, 3.05) is 12.4 Å². The van der Waals surface area contributed by atoms with Crippen molar-refractivity contribution in [2.45, 2.75) is 13.0 Å². The van der Waals surface area contributed by atoms with Gasteiger partial charge in [-0.3, -0.25) is 4.79 Å². The van der Waals surface area contributed by atoms with E-state index < -0.39 is 6.04 Å². The molecule has 0 aromatic heterocycles. The number of nitrogens with one attached hydrogen (secondary N) is 2. The molecule has 0 aliphatic carbocycles. The van der Waals surface area contributed by atoms with Gasteiger partial charge < -0.3 is 10.1 Å². The van der Waals surface area contributed by atoms with Crippen LogP contribution >= 0.6 is 0 Å². The average molecular weight is 347 g/mol. The molecular weight excluding hydrogens is 326 g/mol. The van der Waals surface area contributed by atoms with Crippen LogP contribution in [0.15, 0.2) is 71.8 Å². The fourth-order valence-corrected chi connectivity index (χ4v) is 2.64. The van der Waals surface area contributed by atoms with Gasteiger partial charge in [0, 0.05) is 11.1 Å². The van der Waals surface area contributed by atoms with E-state index in [1.807, 2.05) is 66.7 Å². The average Bonchev–Trinajstić information content (AvgIpc) is 2.68. The summed E-state index contributed by atoms with van der Waals surface area (Å²) in [5.74, 6) is 0.531. The Bertz CT molecular complexity index is 932. The lowest BCUT2D eigenvalue weighted by Gasteiger charge is -2.15. The predicted octanol–water partition coefficient (Wildman–Crippen LogP) is 3.80. The van der Waals surface area contributed by atoms with E-state index in [0.717, 1.165) is 27.8 Å². The zero-order valence-electron chi connectivity index (χ0n) is 14.8. The molecule has 0 bridgehead atoms. The lowest BCUT2D eigenvalue weighted by Crippen LogP contribution is -2.34. The van der Waals surface area contributed by atoms with Gasteiger partial charge in [-0.25, -0.2) is 5.43 Å². The number of hydrazone groups is 1. The molecule has 5 heteroatoms. The van der Waals surface area contributed by atoms with Crippen molar-refractivity contribution in [3.05, 3.63) is 72.3 Å². The van der Waals surface area contributed by atoms with Crippen LogP contribution in [0.25, 0.3) is 10.8 Å². The molecule has 0 spiro atoms. The third kappa shape index (κ3) is 4.19. The van der Waals surface area contributed by atoms with Crippen LogP contribution in [-0.2, 0) is 4.79 Å². The van der Waals surface area contributed by atoms with Gasteiger partial charge in [0.1, 0.15) is 11.8 Å². The summed E-state index contributed by atoms with van der Waals surface area (Å²) < 4.78 is 5.16. The van der Waals surface area contributed by atoms with Gasteiger partial charge in [0.05, 0.1) is 13.3 Å². The van der Waals surface area contributed by atoms with E-state index in [1.54, 1.807) is 20.2 Å². The Morgan fingerprint density at radius 3 is 2.69 bits per heavy atom. The van der Waals surface area contributed by atoms with Crippen molar-refractivity contribution >= 4 is 28.6 Å². The third-order valence-electron chi connectivity index (χ3n) is 4.04. The maximum Gasteiger partial charge on any atom is 0.262 e. The van der Waals surface area contributed by atoms with Crippen LogP contribution in [0.2, 0.25) is 0 Å². The first kappa shape index (κ1) is 17.5. The molecule has 0 radical (unpaired) electrons. The summed E-state index contributed by atoms with van der Waals surface area (Å²) in [6, 6.07) is 21.1. The molecule has 3 aromatic carbocycles. The van der Waals surface area contributed by atoms with Crippen LogP contribution in [0, 0.1) is 0 Å². The SMILES string of the molecule is COc1cccc(C=NNC(=O)C(C)Nc2cccc3ccccc23)c1. The molecule has 0 heterocycles. The number of anilines is 1. The van der Waals surface area contributed by atoms with Crippen LogP contribution in [0.5, 0.6) is 5.75 Å². The Hall–Kier alpha value is -3.34. The zero-order chi connectivity index (χ0) is 18.4. The van der Waals surface area contributed by atoms with Gasteiger partial charge in [-0.05, 0) is 36.1 Å². The van der Waals surface area contributed by atoms with E-state index in [0.29, 0.717) is 0 Å². The molecule has 1 unspecified atom stereocenters. The van der Waals surface area contributed by atoms with Crippen molar-refractivity contribution in [1.82, 2.24) is 5.43 Å². The minimum absolute atomic E-state index is 0.211. The summed E-state index contributed by atoms with van der Waals surface area (Å²) in [5, 5.41) is 9.47. The number of nitrogens with zero attached hydrogens (tertiary/aromatic N) is 1. The predicted molar refractivity (Wildman–Crippen MR) is 106 cm³/mol. The molecule has 3 aromatic rings. The molecule has 2 N–H and O–H groups in total. The highest BCUT2D eigenvalue weighted by atomic mass is 16.5. The van der Waals surface area contributed by atoms with Gasteiger partial charge in [-0.15, -0.1) is 0 Å². The summed E-state index contributed by atoms with van der Waals surface area (Å²) in [4.78, 5) is 12.3. The van der Waals surface area contributed by atoms with Gasteiger partial charge in [0.25, 0.3) is 5.91 Å². The van der Waals surface area contributed by atoms with E-state index in [4.69, 9.17) is 4.74 Å². The molecule has 0 saturated carbocycles. The fraction of sp³-hybridized carbons (Fsp3) is 0.143. The van der Waals surface area contributed by atoms with Gasteiger partial charge in [0.2, 0.25) is 0 Å². The summed E-state index contributed by atoms with van der Waals surface area (Å²) in [5.41, 5.74) is 4.33. The first-order valence-electron chi connectivity index (χ1n) is 8.38. The molecule has 26 heavy (non-hydrogen) atoms. The van der Waals surface area contributed by atoms with Gasteiger partial charge in [-0.1, -0.05) is 48.5 Å². The molecule has 0 aliphatic rings. The van der Waals surface area contributed by atoms with Crippen LogP contribution in [0.3, 0.4) is 0 Å². The fourth-order valence-electron chi connectivity index (χ4n) is 2.64. The second-order valence-corrected chi connectivity index (χ2v) is 5.90. The Kier molecular flexibility index (Phi) is 5.49. The van der Waals surface area contributed by atoms with E-state index in [9.17, 15) is 4.79 Å². The van der Waals surface area contributed by atoms with Crippen LogP contribution in [-0.4, -0.2) is 25.3 Å². The lowest BCUT2D eigenvalue weighted by molar-refractivity contribution is -0.121. The van der Waals surface area contributed by atoms with E-state index >= 15 is 0 Å². The van der Waals surface area contributed by atoms with Crippen molar-refractivity contribution in [3.63, 3.8) is 0 Å². The molecule has 1 atom stereocenters. The number of carbonyl (C=O) groups is 1. The molecule has 3 rings (SSSR count). The first-order valence-corrected chi connectivity index (χ1v) is 8.38.